The predicted octanol–water partition coefficient (Wildman–Crippen LogP) is 5.50. The highest BCUT2D eigenvalue weighted by molar-refractivity contribution is 5.17. The van der Waals surface area contributed by atoms with Gasteiger partial charge in [0.25, 0.3) is 0 Å². The highest BCUT2D eigenvalue weighted by Gasteiger charge is 2.49. The summed E-state index contributed by atoms with van der Waals surface area (Å²) in [6, 6.07) is 0. The van der Waals surface area contributed by atoms with Crippen molar-refractivity contribution in [2.45, 2.75) is 78.7 Å². The fourth-order valence-corrected chi connectivity index (χ4v) is 4.53. The zero-order chi connectivity index (χ0) is 15.6. The van der Waals surface area contributed by atoms with Gasteiger partial charge in [-0.1, -0.05) is 37.1 Å². The van der Waals surface area contributed by atoms with Crippen LogP contribution in [0.5, 0.6) is 0 Å². The van der Waals surface area contributed by atoms with E-state index < -0.39 is 5.60 Å². The van der Waals surface area contributed by atoms with Gasteiger partial charge in [-0.25, -0.2) is 0 Å². The number of rotatable bonds is 4. The lowest BCUT2D eigenvalue weighted by Crippen LogP contribution is -2.52. The standard InChI is InChI=1S/C20H34O/c1-14(2)7-6-8-16(4)18-10-9-17(5)20(21)12-11-15(3)13-19(18)20/h7,13,16-19,21H,6,8-12H2,1-5H3/t16-,17-,18+,19+,20+/m0/s1. The van der Waals surface area contributed by atoms with Crippen LogP contribution in [0.15, 0.2) is 23.3 Å². The van der Waals surface area contributed by atoms with Gasteiger partial charge >= 0.3 is 0 Å². The quantitative estimate of drug-likeness (QED) is 0.678. The molecule has 2 rings (SSSR count). The molecule has 0 aromatic heterocycles. The van der Waals surface area contributed by atoms with Crippen LogP contribution in [0, 0.1) is 23.7 Å². The molecular formula is C20H34O. The molecular weight excluding hydrogens is 256 g/mol. The van der Waals surface area contributed by atoms with E-state index >= 15 is 0 Å². The van der Waals surface area contributed by atoms with Crippen LogP contribution in [0.25, 0.3) is 0 Å². The number of fused-ring (bicyclic) bond motifs is 1. The van der Waals surface area contributed by atoms with Crippen LogP contribution in [0.3, 0.4) is 0 Å². The summed E-state index contributed by atoms with van der Waals surface area (Å²) < 4.78 is 0. The molecule has 1 saturated carbocycles. The van der Waals surface area contributed by atoms with Gasteiger partial charge in [0, 0.05) is 5.92 Å². The van der Waals surface area contributed by atoms with Crippen molar-refractivity contribution in [3.63, 3.8) is 0 Å². The van der Waals surface area contributed by atoms with Gasteiger partial charge in [-0.2, -0.15) is 0 Å². The van der Waals surface area contributed by atoms with Gasteiger partial charge < -0.3 is 5.11 Å². The molecule has 0 amide bonds. The lowest BCUT2D eigenvalue weighted by molar-refractivity contribution is -0.113. The van der Waals surface area contributed by atoms with E-state index in [2.05, 4.69) is 46.8 Å². The number of allylic oxidation sites excluding steroid dienone is 3. The third-order valence-electron chi connectivity index (χ3n) is 6.11. The third kappa shape index (κ3) is 3.62. The third-order valence-corrected chi connectivity index (χ3v) is 6.11. The van der Waals surface area contributed by atoms with Crippen molar-refractivity contribution in [3.8, 4) is 0 Å². The van der Waals surface area contributed by atoms with E-state index in [0.29, 0.717) is 23.7 Å². The largest absolute Gasteiger partial charge is 0.389 e. The van der Waals surface area contributed by atoms with E-state index in [4.69, 9.17) is 0 Å². The van der Waals surface area contributed by atoms with Gasteiger partial charge in [0.2, 0.25) is 0 Å². The van der Waals surface area contributed by atoms with Crippen molar-refractivity contribution < 1.29 is 5.11 Å². The fourth-order valence-electron chi connectivity index (χ4n) is 4.53. The van der Waals surface area contributed by atoms with E-state index in [-0.39, 0.29) is 0 Å². The molecule has 0 unspecified atom stereocenters. The lowest BCUT2D eigenvalue weighted by Gasteiger charge is -2.51. The maximum Gasteiger partial charge on any atom is 0.0741 e. The second-order valence-corrected chi connectivity index (χ2v) is 8.01. The Kier molecular flexibility index (Phi) is 5.35. The summed E-state index contributed by atoms with van der Waals surface area (Å²) in [5.41, 5.74) is 2.47. The van der Waals surface area contributed by atoms with Gasteiger partial charge in [0.05, 0.1) is 5.60 Å². The van der Waals surface area contributed by atoms with Gasteiger partial charge in [0.1, 0.15) is 0 Å². The van der Waals surface area contributed by atoms with Crippen LogP contribution in [-0.2, 0) is 0 Å². The predicted molar refractivity (Wildman–Crippen MR) is 91.1 cm³/mol. The number of hydrogen-bond donors (Lipinski definition) is 1. The first-order chi connectivity index (χ1) is 9.84. The molecule has 2 aliphatic carbocycles. The Morgan fingerprint density at radius 3 is 2.81 bits per heavy atom. The maximum atomic E-state index is 11.3. The molecule has 5 atom stereocenters. The van der Waals surface area contributed by atoms with Crippen molar-refractivity contribution in [1.82, 2.24) is 0 Å². The molecule has 1 fully saturated rings. The zero-order valence-corrected chi connectivity index (χ0v) is 14.7. The molecule has 21 heavy (non-hydrogen) atoms. The van der Waals surface area contributed by atoms with Gasteiger partial charge in [-0.05, 0) is 77.0 Å². The molecule has 0 heterocycles. The summed E-state index contributed by atoms with van der Waals surface area (Å²) in [5.74, 6) is 2.20. The molecule has 120 valence electrons. The normalized spacial score (nSPS) is 37.4. The van der Waals surface area contributed by atoms with Crippen LogP contribution >= 0.6 is 0 Å². The summed E-state index contributed by atoms with van der Waals surface area (Å²) in [4.78, 5) is 0. The van der Waals surface area contributed by atoms with Gasteiger partial charge in [0.15, 0.2) is 0 Å². The Balaban J connectivity index is 2.11. The Morgan fingerprint density at radius 1 is 1.43 bits per heavy atom. The van der Waals surface area contributed by atoms with E-state index in [1.165, 1.54) is 36.8 Å². The highest BCUT2D eigenvalue weighted by Crippen LogP contribution is 2.51. The molecule has 0 aromatic carbocycles. The number of aliphatic hydroxyl groups is 1. The summed E-state index contributed by atoms with van der Waals surface area (Å²) in [7, 11) is 0. The minimum absolute atomic E-state index is 0.386. The average Bonchev–Trinajstić information content (AvgIpc) is 2.41. The maximum absolute atomic E-state index is 11.3. The summed E-state index contributed by atoms with van der Waals surface area (Å²) in [5, 5.41) is 11.3. The lowest BCUT2D eigenvalue weighted by atomic mass is 9.57. The number of hydrogen-bond acceptors (Lipinski definition) is 1. The van der Waals surface area contributed by atoms with E-state index in [1.807, 2.05) is 0 Å². The molecule has 0 aliphatic heterocycles. The first-order valence-corrected chi connectivity index (χ1v) is 8.87. The molecule has 1 N–H and O–H groups in total. The zero-order valence-electron chi connectivity index (χ0n) is 14.7. The Bertz CT molecular complexity index is 416. The second kappa shape index (κ2) is 6.69. The first kappa shape index (κ1) is 16.8. The van der Waals surface area contributed by atoms with Crippen molar-refractivity contribution >= 4 is 0 Å². The molecule has 0 radical (unpaired) electrons. The minimum atomic E-state index is -0.437. The molecule has 1 nitrogen and oxygen atoms in total. The minimum Gasteiger partial charge on any atom is -0.389 e. The first-order valence-electron chi connectivity index (χ1n) is 8.87. The van der Waals surface area contributed by atoms with Crippen molar-refractivity contribution in [2.75, 3.05) is 0 Å². The van der Waals surface area contributed by atoms with Crippen LogP contribution in [0.4, 0.5) is 0 Å². The van der Waals surface area contributed by atoms with E-state index in [1.54, 1.807) is 0 Å². The Morgan fingerprint density at radius 2 is 2.14 bits per heavy atom. The molecule has 0 spiro atoms. The Hall–Kier alpha value is -0.560. The second-order valence-electron chi connectivity index (χ2n) is 8.01. The summed E-state index contributed by atoms with van der Waals surface area (Å²) in [6.45, 7) is 11.3. The smallest absolute Gasteiger partial charge is 0.0741 e. The molecule has 0 saturated heterocycles. The van der Waals surface area contributed by atoms with Crippen LogP contribution in [0.1, 0.15) is 73.1 Å². The Labute approximate surface area is 131 Å². The van der Waals surface area contributed by atoms with Crippen molar-refractivity contribution in [1.29, 1.82) is 0 Å². The van der Waals surface area contributed by atoms with E-state index in [9.17, 15) is 5.11 Å². The molecule has 2 aliphatic rings. The van der Waals surface area contributed by atoms with Gasteiger partial charge in [-0.15, -0.1) is 0 Å². The van der Waals surface area contributed by atoms with Crippen LogP contribution in [0.2, 0.25) is 0 Å². The average molecular weight is 290 g/mol. The van der Waals surface area contributed by atoms with Gasteiger partial charge in [-0.3, -0.25) is 0 Å². The molecule has 0 bridgehead atoms. The monoisotopic (exact) mass is 290 g/mol. The summed E-state index contributed by atoms with van der Waals surface area (Å²) >= 11 is 0. The topological polar surface area (TPSA) is 20.2 Å². The van der Waals surface area contributed by atoms with Crippen LogP contribution < -0.4 is 0 Å². The van der Waals surface area contributed by atoms with Crippen molar-refractivity contribution in [3.05, 3.63) is 23.3 Å². The summed E-state index contributed by atoms with van der Waals surface area (Å²) in [6.07, 6.45) is 11.7. The highest BCUT2D eigenvalue weighted by atomic mass is 16.3. The molecule has 1 heteroatoms. The van der Waals surface area contributed by atoms with Crippen LogP contribution in [-0.4, -0.2) is 10.7 Å². The molecule has 0 aromatic rings. The van der Waals surface area contributed by atoms with Crippen molar-refractivity contribution in [2.24, 2.45) is 23.7 Å². The van der Waals surface area contributed by atoms with E-state index in [0.717, 1.165) is 12.8 Å². The SMILES string of the molecule is CC(C)=CCC[C@H](C)[C@H]1CC[C@H](C)[C@]2(O)CCC(C)=C[C@H]12. The fraction of sp³-hybridized carbons (Fsp3) is 0.800.